The Kier molecular flexibility index (Phi) is 49.1. The summed E-state index contributed by atoms with van der Waals surface area (Å²) in [6.07, 6.45) is 58.1. The van der Waals surface area contributed by atoms with Gasteiger partial charge in [-0.1, -0.05) is 224 Å². The molecule has 3 unspecified atom stereocenters. The van der Waals surface area contributed by atoms with Gasteiger partial charge in [-0.2, -0.15) is 0 Å². The predicted molar refractivity (Wildman–Crippen MR) is 272 cm³/mol. The van der Waals surface area contributed by atoms with Crippen molar-refractivity contribution in [1.82, 2.24) is 0 Å². The monoisotopic (exact) mass is 942 g/mol. The molecular formula is C54H104NO9P. The Morgan fingerprint density at radius 2 is 0.800 bits per heavy atom. The Balaban J connectivity index is 4.08. The molecule has 3 atom stereocenters. The van der Waals surface area contributed by atoms with Crippen LogP contribution in [0.4, 0.5) is 0 Å². The van der Waals surface area contributed by atoms with Gasteiger partial charge in [-0.05, 0) is 64.2 Å². The number of phosphoric ester groups is 1. The van der Waals surface area contributed by atoms with Gasteiger partial charge in [-0.25, -0.2) is 4.57 Å². The molecule has 0 aromatic rings. The number of aliphatic carboxylic acids is 1. The molecule has 0 fully saturated rings. The fourth-order valence-corrected chi connectivity index (χ4v) is 8.73. The van der Waals surface area contributed by atoms with Crippen LogP contribution in [0.15, 0.2) is 24.3 Å². The van der Waals surface area contributed by atoms with E-state index in [1.54, 1.807) is 0 Å². The number of rotatable bonds is 53. The number of carbonyl (C=O) groups excluding carboxylic acids is 1. The second-order valence-corrected chi connectivity index (χ2v) is 20.2. The van der Waals surface area contributed by atoms with Crippen molar-refractivity contribution >= 4 is 19.8 Å². The lowest BCUT2D eigenvalue weighted by atomic mass is 10.0. The largest absolute Gasteiger partial charge is 0.480 e. The second-order valence-electron chi connectivity index (χ2n) is 18.7. The molecule has 65 heavy (non-hydrogen) atoms. The Hall–Kier alpha value is -1.55. The van der Waals surface area contributed by atoms with Gasteiger partial charge in [0.1, 0.15) is 12.1 Å². The van der Waals surface area contributed by atoms with E-state index in [0.29, 0.717) is 13.0 Å². The van der Waals surface area contributed by atoms with Crippen molar-refractivity contribution in [2.45, 2.75) is 283 Å². The summed E-state index contributed by atoms with van der Waals surface area (Å²) in [5.74, 6) is -1.77. The van der Waals surface area contributed by atoms with E-state index in [9.17, 15) is 19.0 Å². The van der Waals surface area contributed by atoms with Gasteiger partial charge in [0.15, 0.2) is 0 Å². The molecule has 0 radical (unpaired) electrons. The first kappa shape index (κ1) is 63.5. The third kappa shape index (κ3) is 50.2. The van der Waals surface area contributed by atoms with Gasteiger partial charge in [0.05, 0.1) is 19.8 Å². The molecule has 10 nitrogen and oxygen atoms in total. The van der Waals surface area contributed by atoms with Gasteiger partial charge in [0, 0.05) is 13.0 Å². The summed E-state index contributed by atoms with van der Waals surface area (Å²) in [5, 5.41) is 8.94. The summed E-state index contributed by atoms with van der Waals surface area (Å²) >= 11 is 0. The average Bonchev–Trinajstić information content (AvgIpc) is 3.29. The van der Waals surface area contributed by atoms with Crippen LogP contribution >= 0.6 is 7.82 Å². The van der Waals surface area contributed by atoms with Gasteiger partial charge in [-0.3, -0.25) is 18.6 Å². The SMILES string of the molecule is CCCCCCCC/C=C\CCCCCCCCCCCCOCC(COP(=O)(O)OCC(N)C(=O)O)OC(=O)CCCCCCCCCCCCC/C=C\CCCCCCCCCC. The molecule has 0 aromatic carbocycles. The molecule has 0 aromatic heterocycles. The first-order valence-electron chi connectivity index (χ1n) is 27.4. The molecule has 0 aliphatic carbocycles. The topological polar surface area (TPSA) is 155 Å². The molecule has 0 amide bonds. The van der Waals surface area contributed by atoms with Crippen molar-refractivity contribution in [3.8, 4) is 0 Å². The Labute approximate surface area is 400 Å². The van der Waals surface area contributed by atoms with E-state index in [0.717, 1.165) is 38.5 Å². The standard InChI is InChI=1S/C54H104NO9P/c1-3-5-7-9-11-13-15-17-19-21-23-25-26-27-28-30-32-34-36-38-40-42-44-46-53(56)64-51(49-62-65(59,60)63-50-52(55)54(57)58)48-61-47-45-43-41-39-37-35-33-31-29-24-22-20-18-16-14-12-10-8-6-4-2/h18,20-21,23,51-52H,3-17,19,22,24-50,55H2,1-2H3,(H,57,58)(H,59,60)/b20-18-,23-21-. The highest BCUT2D eigenvalue weighted by Crippen LogP contribution is 2.43. The van der Waals surface area contributed by atoms with Gasteiger partial charge >= 0.3 is 19.8 Å². The normalized spacial score (nSPS) is 13.8. The third-order valence-electron chi connectivity index (χ3n) is 12.2. The van der Waals surface area contributed by atoms with Crippen LogP contribution < -0.4 is 5.73 Å². The highest BCUT2D eigenvalue weighted by molar-refractivity contribution is 7.47. The van der Waals surface area contributed by atoms with E-state index in [-0.39, 0.29) is 13.0 Å². The van der Waals surface area contributed by atoms with Crippen molar-refractivity contribution in [1.29, 1.82) is 0 Å². The summed E-state index contributed by atoms with van der Waals surface area (Å²) in [6.45, 7) is 3.93. The second kappa shape index (κ2) is 50.3. The third-order valence-corrected chi connectivity index (χ3v) is 13.2. The zero-order valence-electron chi connectivity index (χ0n) is 42.4. The highest BCUT2D eigenvalue weighted by Gasteiger charge is 2.27. The number of phosphoric acid groups is 1. The van der Waals surface area contributed by atoms with Crippen molar-refractivity contribution < 1.29 is 42.7 Å². The van der Waals surface area contributed by atoms with E-state index >= 15 is 0 Å². The number of hydrogen-bond acceptors (Lipinski definition) is 8. The van der Waals surface area contributed by atoms with Crippen LogP contribution in [0, 0.1) is 0 Å². The molecule has 0 spiro atoms. The van der Waals surface area contributed by atoms with Gasteiger partial charge in [0.25, 0.3) is 0 Å². The maximum absolute atomic E-state index is 12.7. The number of carboxylic acid groups (broad SMARTS) is 1. The first-order valence-corrected chi connectivity index (χ1v) is 28.9. The fourth-order valence-electron chi connectivity index (χ4n) is 7.95. The van der Waals surface area contributed by atoms with Crippen molar-refractivity contribution in [3.05, 3.63) is 24.3 Å². The molecule has 11 heteroatoms. The number of carboxylic acids is 1. The summed E-state index contributed by atoms with van der Waals surface area (Å²) in [4.78, 5) is 33.7. The van der Waals surface area contributed by atoms with Crippen LogP contribution in [0.2, 0.25) is 0 Å². The quantitative estimate of drug-likeness (QED) is 0.0232. The lowest BCUT2D eigenvalue weighted by Gasteiger charge is -2.20. The van der Waals surface area contributed by atoms with E-state index in [4.69, 9.17) is 29.4 Å². The van der Waals surface area contributed by atoms with Gasteiger partial charge < -0.3 is 25.2 Å². The maximum Gasteiger partial charge on any atom is 0.472 e. The highest BCUT2D eigenvalue weighted by atomic mass is 31.2. The van der Waals surface area contributed by atoms with Crippen molar-refractivity contribution in [2.75, 3.05) is 26.4 Å². The minimum atomic E-state index is -4.62. The molecular weight excluding hydrogens is 838 g/mol. The molecule has 0 bridgehead atoms. The average molecular weight is 942 g/mol. The number of nitrogens with two attached hydrogens (primary N) is 1. The van der Waals surface area contributed by atoms with Crippen molar-refractivity contribution in [2.24, 2.45) is 5.73 Å². The summed E-state index contributed by atoms with van der Waals surface area (Å²) < 4.78 is 33.6. The lowest BCUT2D eigenvalue weighted by Crippen LogP contribution is -2.34. The maximum atomic E-state index is 12.7. The number of carbonyl (C=O) groups is 2. The van der Waals surface area contributed by atoms with E-state index in [1.807, 2.05) is 0 Å². The first-order chi connectivity index (χ1) is 31.7. The summed E-state index contributed by atoms with van der Waals surface area (Å²) in [5.41, 5.74) is 5.38. The van der Waals surface area contributed by atoms with E-state index in [1.165, 1.54) is 205 Å². The Morgan fingerprint density at radius 1 is 0.477 bits per heavy atom. The minimum absolute atomic E-state index is 0.0196. The molecule has 0 aliphatic heterocycles. The number of hydrogen-bond donors (Lipinski definition) is 3. The number of allylic oxidation sites excluding steroid dienone is 4. The minimum Gasteiger partial charge on any atom is -0.480 e. The van der Waals surface area contributed by atoms with Crippen LogP contribution in [0.3, 0.4) is 0 Å². The molecule has 4 N–H and O–H groups in total. The van der Waals surface area contributed by atoms with Crippen LogP contribution in [0.25, 0.3) is 0 Å². The summed E-state index contributed by atoms with van der Waals surface area (Å²) in [6, 6.07) is -1.47. The Bertz CT molecular complexity index is 1140. The molecule has 0 saturated carbocycles. The van der Waals surface area contributed by atoms with E-state index < -0.39 is 45.1 Å². The summed E-state index contributed by atoms with van der Waals surface area (Å²) in [7, 11) is -4.62. The van der Waals surface area contributed by atoms with Crippen LogP contribution in [-0.4, -0.2) is 60.5 Å². The van der Waals surface area contributed by atoms with E-state index in [2.05, 4.69) is 38.2 Å². The molecule has 0 rings (SSSR count). The zero-order chi connectivity index (χ0) is 47.6. The lowest BCUT2D eigenvalue weighted by molar-refractivity contribution is -0.154. The number of ether oxygens (including phenoxy) is 2. The fraction of sp³-hybridized carbons (Fsp3) is 0.889. The Morgan fingerprint density at radius 3 is 1.17 bits per heavy atom. The van der Waals surface area contributed by atoms with Crippen molar-refractivity contribution in [3.63, 3.8) is 0 Å². The molecule has 0 heterocycles. The number of unbranched alkanes of at least 4 members (excludes halogenated alkanes) is 35. The zero-order valence-corrected chi connectivity index (χ0v) is 43.2. The molecule has 384 valence electrons. The van der Waals surface area contributed by atoms with Gasteiger partial charge in [-0.15, -0.1) is 0 Å². The number of esters is 1. The molecule has 0 aliphatic rings. The van der Waals surface area contributed by atoms with Crippen LogP contribution in [-0.2, 0) is 32.7 Å². The van der Waals surface area contributed by atoms with Crippen LogP contribution in [0.1, 0.15) is 271 Å². The van der Waals surface area contributed by atoms with Crippen LogP contribution in [0.5, 0.6) is 0 Å². The smallest absolute Gasteiger partial charge is 0.472 e. The van der Waals surface area contributed by atoms with Gasteiger partial charge in [0.2, 0.25) is 0 Å². The predicted octanol–water partition coefficient (Wildman–Crippen LogP) is 16.2. The molecule has 0 saturated heterocycles.